The molecule has 1 aromatic carbocycles. The molecule has 0 spiro atoms. The first-order chi connectivity index (χ1) is 12.2. The molecule has 2 aromatic heterocycles. The summed E-state index contributed by atoms with van der Waals surface area (Å²) >= 11 is 0. The van der Waals surface area contributed by atoms with E-state index in [0.717, 1.165) is 49.4 Å². The number of carbonyl (C=O) groups excluding carboxylic acids is 1. The molecule has 3 aromatic rings. The summed E-state index contributed by atoms with van der Waals surface area (Å²) in [5.74, 6) is 1.76. The first-order valence-corrected chi connectivity index (χ1v) is 8.83. The molecular formula is C20H22N4O. The molecule has 0 saturated carbocycles. The molecule has 0 bridgehead atoms. The van der Waals surface area contributed by atoms with Crippen LogP contribution in [0.1, 0.15) is 29.0 Å². The van der Waals surface area contributed by atoms with Crippen molar-refractivity contribution in [1.29, 1.82) is 0 Å². The first kappa shape index (κ1) is 15.8. The van der Waals surface area contributed by atoms with E-state index in [-0.39, 0.29) is 5.91 Å². The van der Waals surface area contributed by atoms with E-state index in [1.54, 1.807) is 24.5 Å². The Bertz CT molecular complexity index is 879. The number of para-hydroxylation sites is 2. The van der Waals surface area contributed by atoms with Gasteiger partial charge >= 0.3 is 0 Å². The number of hydrogen-bond acceptors (Lipinski definition) is 3. The van der Waals surface area contributed by atoms with E-state index >= 15 is 0 Å². The number of pyridine rings is 1. The van der Waals surface area contributed by atoms with E-state index in [1.807, 2.05) is 11.0 Å². The van der Waals surface area contributed by atoms with Crippen LogP contribution in [0.5, 0.6) is 0 Å². The summed E-state index contributed by atoms with van der Waals surface area (Å²) in [5.41, 5.74) is 2.99. The number of aryl methyl sites for hydroxylation is 1. The molecule has 0 unspecified atom stereocenters. The Labute approximate surface area is 147 Å². The van der Waals surface area contributed by atoms with E-state index in [0.29, 0.717) is 5.92 Å². The third kappa shape index (κ3) is 3.14. The van der Waals surface area contributed by atoms with Crippen molar-refractivity contribution < 1.29 is 4.79 Å². The molecule has 0 aliphatic carbocycles. The van der Waals surface area contributed by atoms with Crippen LogP contribution < -0.4 is 0 Å². The number of hydrogen-bond donors (Lipinski definition) is 0. The van der Waals surface area contributed by atoms with Gasteiger partial charge in [0, 0.05) is 37.6 Å². The summed E-state index contributed by atoms with van der Waals surface area (Å²) in [5, 5.41) is 0. The highest BCUT2D eigenvalue weighted by Gasteiger charge is 2.24. The van der Waals surface area contributed by atoms with Crippen LogP contribution in [0.25, 0.3) is 11.0 Å². The highest BCUT2D eigenvalue weighted by Crippen LogP contribution is 2.24. The molecule has 1 fully saturated rings. The Morgan fingerprint density at radius 2 is 1.84 bits per heavy atom. The molecule has 25 heavy (non-hydrogen) atoms. The molecule has 5 nitrogen and oxygen atoms in total. The van der Waals surface area contributed by atoms with Gasteiger partial charge in [-0.25, -0.2) is 4.98 Å². The number of rotatable bonds is 3. The number of likely N-dealkylation sites (tertiary alicyclic amines) is 1. The van der Waals surface area contributed by atoms with E-state index in [9.17, 15) is 4.79 Å². The smallest absolute Gasteiger partial charge is 0.253 e. The fourth-order valence-corrected chi connectivity index (χ4v) is 3.68. The third-order valence-electron chi connectivity index (χ3n) is 5.12. The summed E-state index contributed by atoms with van der Waals surface area (Å²) in [7, 11) is 0. The summed E-state index contributed by atoms with van der Waals surface area (Å²) in [6.45, 7) is 4.68. The first-order valence-electron chi connectivity index (χ1n) is 8.83. The Hall–Kier alpha value is -2.69. The number of fused-ring (bicyclic) bond motifs is 1. The lowest BCUT2D eigenvalue weighted by Crippen LogP contribution is -2.39. The van der Waals surface area contributed by atoms with Gasteiger partial charge in [0.15, 0.2) is 0 Å². The molecule has 1 saturated heterocycles. The van der Waals surface area contributed by atoms with Crippen molar-refractivity contribution in [3.8, 4) is 0 Å². The Balaban J connectivity index is 1.42. The second-order valence-electron chi connectivity index (χ2n) is 6.73. The topological polar surface area (TPSA) is 51.0 Å². The maximum atomic E-state index is 12.5. The predicted molar refractivity (Wildman–Crippen MR) is 97.3 cm³/mol. The number of piperidine rings is 1. The van der Waals surface area contributed by atoms with Crippen LogP contribution >= 0.6 is 0 Å². The van der Waals surface area contributed by atoms with Gasteiger partial charge in [-0.3, -0.25) is 9.78 Å². The minimum atomic E-state index is 0.116. The Morgan fingerprint density at radius 3 is 2.60 bits per heavy atom. The van der Waals surface area contributed by atoms with Crippen LogP contribution in [0.4, 0.5) is 0 Å². The molecule has 0 radical (unpaired) electrons. The zero-order valence-corrected chi connectivity index (χ0v) is 14.4. The molecule has 1 amide bonds. The van der Waals surface area contributed by atoms with Gasteiger partial charge in [-0.15, -0.1) is 0 Å². The number of nitrogens with zero attached hydrogens (tertiary/aromatic N) is 4. The van der Waals surface area contributed by atoms with Gasteiger partial charge in [0.05, 0.1) is 11.0 Å². The summed E-state index contributed by atoms with van der Waals surface area (Å²) in [6.07, 6.45) is 5.41. The maximum absolute atomic E-state index is 12.5. The van der Waals surface area contributed by atoms with Gasteiger partial charge in [0.1, 0.15) is 5.82 Å². The monoisotopic (exact) mass is 334 g/mol. The number of carbonyl (C=O) groups is 1. The van der Waals surface area contributed by atoms with Gasteiger partial charge in [-0.1, -0.05) is 12.1 Å². The fourth-order valence-electron chi connectivity index (χ4n) is 3.68. The van der Waals surface area contributed by atoms with Crippen molar-refractivity contribution in [2.24, 2.45) is 5.92 Å². The Kier molecular flexibility index (Phi) is 4.22. The average Bonchev–Trinajstić information content (AvgIpc) is 2.98. The van der Waals surface area contributed by atoms with E-state index < -0.39 is 0 Å². The third-order valence-corrected chi connectivity index (χ3v) is 5.12. The summed E-state index contributed by atoms with van der Waals surface area (Å²) in [4.78, 5) is 23.1. The standard InChI is InChI=1S/C20H22N4O/c1-15-22-18-4-2-3-5-19(18)24(15)14-16-8-12-23(13-9-16)20(25)17-6-10-21-11-7-17/h2-7,10-11,16H,8-9,12-14H2,1H3. The molecule has 0 atom stereocenters. The van der Waals surface area contributed by atoms with Crippen LogP contribution in [-0.4, -0.2) is 38.4 Å². The van der Waals surface area contributed by atoms with Crippen LogP contribution in [0.2, 0.25) is 0 Å². The molecule has 5 heteroatoms. The summed E-state index contributed by atoms with van der Waals surface area (Å²) in [6, 6.07) is 11.9. The van der Waals surface area contributed by atoms with Crippen molar-refractivity contribution in [3.63, 3.8) is 0 Å². The lowest BCUT2D eigenvalue weighted by molar-refractivity contribution is 0.0683. The molecular weight excluding hydrogens is 312 g/mol. The molecule has 0 N–H and O–H groups in total. The number of amides is 1. The van der Waals surface area contributed by atoms with Crippen molar-refractivity contribution >= 4 is 16.9 Å². The molecule has 128 valence electrons. The number of aromatic nitrogens is 3. The number of benzene rings is 1. The number of imidazole rings is 1. The minimum absolute atomic E-state index is 0.116. The zero-order chi connectivity index (χ0) is 17.2. The van der Waals surface area contributed by atoms with E-state index in [2.05, 4.69) is 39.7 Å². The van der Waals surface area contributed by atoms with Crippen LogP contribution in [0, 0.1) is 12.8 Å². The summed E-state index contributed by atoms with van der Waals surface area (Å²) < 4.78 is 2.32. The second kappa shape index (κ2) is 6.67. The van der Waals surface area contributed by atoms with Crippen molar-refractivity contribution in [1.82, 2.24) is 19.4 Å². The highest BCUT2D eigenvalue weighted by atomic mass is 16.2. The predicted octanol–water partition coefficient (Wildman–Crippen LogP) is 3.29. The molecule has 1 aliphatic heterocycles. The second-order valence-corrected chi connectivity index (χ2v) is 6.73. The Morgan fingerprint density at radius 1 is 1.12 bits per heavy atom. The lowest BCUT2D eigenvalue weighted by Gasteiger charge is -2.32. The van der Waals surface area contributed by atoms with E-state index in [4.69, 9.17) is 0 Å². The van der Waals surface area contributed by atoms with Gasteiger partial charge < -0.3 is 9.47 Å². The quantitative estimate of drug-likeness (QED) is 0.738. The van der Waals surface area contributed by atoms with Gasteiger partial charge in [0.25, 0.3) is 5.91 Å². The molecule has 3 heterocycles. The normalized spacial score (nSPS) is 15.6. The van der Waals surface area contributed by atoms with Gasteiger partial charge in [-0.05, 0) is 49.9 Å². The molecule has 1 aliphatic rings. The van der Waals surface area contributed by atoms with Crippen LogP contribution in [-0.2, 0) is 6.54 Å². The van der Waals surface area contributed by atoms with Crippen molar-refractivity contribution in [2.45, 2.75) is 26.3 Å². The van der Waals surface area contributed by atoms with Gasteiger partial charge in [0.2, 0.25) is 0 Å². The zero-order valence-electron chi connectivity index (χ0n) is 14.4. The lowest BCUT2D eigenvalue weighted by atomic mass is 9.96. The van der Waals surface area contributed by atoms with Crippen LogP contribution in [0.3, 0.4) is 0 Å². The van der Waals surface area contributed by atoms with Crippen LogP contribution in [0.15, 0.2) is 48.8 Å². The average molecular weight is 334 g/mol. The van der Waals surface area contributed by atoms with Gasteiger partial charge in [-0.2, -0.15) is 0 Å². The van der Waals surface area contributed by atoms with Crippen molar-refractivity contribution in [2.75, 3.05) is 13.1 Å². The molecule has 4 rings (SSSR count). The largest absolute Gasteiger partial charge is 0.339 e. The highest BCUT2D eigenvalue weighted by molar-refractivity contribution is 5.94. The SMILES string of the molecule is Cc1nc2ccccc2n1CC1CCN(C(=O)c2ccncc2)CC1. The fraction of sp³-hybridized carbons (Fsp3) is 0.350. The maximum Gasteiger partial charge on any atom is 0.253 e. The van der Waals surface area contributed by atoms with Crippen molar-refractivity contribution in [3.05, 3.63) is 60.2 Å². The minimum Gasteiger partial charge on any atom is -0.339 e. The van der Waals surface area contributed by atoms with E-state index in [1.165, 1.54) is 5.52 Å².